The number of nitrogens with one attached hydrogen (secondary N) is 1. The Hall–Kier alpha value is -2.89. The van der Waals surface area contributed by atoms with E-state index in [1.807, 2.05) is 25.1 Å². The third-order valence-electron chi connectivity index (χ3n) is 3.42. The molecule has 112 valence electrons. The molecule has 2 aromatic heterocycles. The zero-order valence-electron chi connectivity index (χ0n) is 12.5. The highest BCUT2D eigenvalue weighted by atomic mass is 16.3. The second kappa shape index (κ2) is 5.14. The second-order valence-corrected chi connectivity index (χ2v) is 5.20. The van der Waals surface area contributed by atoms with Crippen molar-refractivity contribution in [3.05, 3.63) is 46.9 Å². The number of hydrogen-bond acceptors (Lipinski definition) is 4. The molecule has 22 heavy (non-hydrogen) atoms. The molecule has 0 saturated carbocycles. The summed E-state index contributed by atoms with van der Waals surface area (Å²) in [7, 11) is 0. The molecular weight excluding hydrogens is 282 g/mol. The first-order valence-electron chi connectivity index (χ1n) is 6.80. The molecular formula is C16H15N3O3. The highest BCUT2D eigenvalue weighted by molar-refractivity contribution is 5.97. The predicted molar refractivity (Wildman–Crippen MR) is 81.7 cm³/mol. The normalized spacial score (nSPS) is 11.6. The molecule has 0 unspecified atom stereocenters. The minimum Gasteiger partial charge on any atom is -0.493 e. The van der Waals surface area contributed by atoms with Crippen LogP contribution in [0, 0.1) is 20.8 Å². The minimum absolute atomic E-state index is 0.114. The van der Waals surface area contributed by atoms with Crippen molar-refractivity contribution >= 4 is 22.5 Å². The summed E-state index contributed by atoms with van der Waals surface area (Å²) in [5, 5.41) is 18.3. The van der Waals surface area contributed by atoms with Crippen LogP contribution >= 0.6 is 0 Å². The highest BCUT2D eigenvalue weighted by Gasteiger charge is 2.15. The van der Waals surface area contributed by atoms with Crippen molar-refractivity contribution in [1.82, 2.24) is 4.98 Å². The van der Waals surface area contributed by atoms with Crippen LogP contribution in [0.15, 0.2) is 38.9 Å². The first kappa shape index (κ1) is 14.1. The second-order valence-electron chi connectivity index (χ2n) is 5.20. The van der Waals surface area contributed by atoms with E-state index < -0.39 is 5.91 Å². The summed E-state index contributed by atoms with van der Waals surface area (Å²) in [5.74, 6) is 0.523. The maximum Gasteiger partial charge on any atom is 0.298 e. The van der Waals surface area contributed by atoms with Gasteiger partial charge in [0.25, 0.3) is 5.91 Å². The zero-order valence-corrected chi connectivity index (χ0v) is 12.5. The number of furan rings is 1. The largest absolute Gasteiger partial charge is 0.493 e. The van der Waals surface area contributed by atoms with Crippen molar-refractivity contribution in [2.75, 3.05) is 0 Å². The number of fused-ring (bicyclic) bond motifs is 1. The van der Waals surface area contributed by atoms with E-state index in [0.717, 1.165) is 11.1 Å². The monoisotopic (exact) mass is 297 g/mol. The number of hydrogen-bond donors (Lipinski definition) is 2. The number of aromatic amines is 1. The Morgan fingerprint density at radius 3 is 2.68 bits per heavy atom. The lowest BCUT2D eigenvalue weighted by Crippen LogP contribution is -1.93. The topological polar surface area (TPSA) is 91.0 Å². The van der Waals surface area contributed by atoms with Gasteiger partial charge in [-0.1, -0.05) is 11.6 Å². The SMILES string of the molecule is Cc1ccc2[nH]c(O)c(N=NC(=O)c3cc(C)oc3C)c2c1. The van der Waals surface area contributed by atoms with Gasteiger partial charge in [-0.15, -0.1) is 10.2 Å². The van der Waals surface area contributed by atoms with Gasteiger partial charge >= 0.3 is 0 Å². The Labute approximate surface area is 126 Å². The first-order valence-corrected chi connectivity index (χ1v) is 6.80. The van der Waals surface area contributed by atoms with Crippen molar-refractivity contribution in [3.63, 3.8) is 0 Å². The molecule has 0 saturated heterocycles. The molecule has 1 amide bonds. The molecule has 6 heteroatoms. The summed E-state index contributed by atoms with van der Waals surface area (Å²) < 4.78 is 5.30. The number of H-pyrrole nitrogens is 1. The quantitative estimate of drug-likeness (QED) is 0.690. The summed E-state index contributed by atoms with van der Waals surface area (Å²) in [6.45, 7) is 5.39. The van der Waals surface area contributed by atoms with Crippen LogP contribution < -0.4 is 0 Å². The maximum atomic E-state index is 12.1. The van der Waals surface area contributed by atoms with E-state index in [1.165, 1.54) is 0 Å². The summed E-state index contributed by atoms with van der Waals surface area (Å²) in [6, 6.07) is 7.25. The Morgan fingerprint density at radius 1 is 1.23 bits per heavy atom. The third kappa shape index (κ3) is 2.39. The van der Waals surface area contributed by atoms with Gasteiger partial charge in [-0.05, 0) is 39.0 Å². The third-order valence-corrected chi connectivity index (χ3v) is 3.42. The number of carbonyl (C=O) groups is 1. The van der Waals surface area contributed by atoms with E-state index in [9.17, 15) is 9.90 Å². The van der Waals surface area contributed by atoms with Gasteiger partial charge in [0.2, 0.25) is 5.88 Å². The molecule has 2 N–H and O–H groups in total. The zero-order chi connectivity index (χ0) is 15.9. The maximum absolute atomic E-state index is 12.1. The van der Waals surface area contributed by atoms with Crippen molar-refractivity contribution in [1.29, 1.82) is 0 Å². The molecule has 0 radical (unpaired) electrons. The Kier molecular flexibility index (Phi) is 3.29. The van der Waals surface area contributed by atoms with Gasteiger partial charge in [-0.25, -0.2) is 0 Å². The smallest absolute Gasteiger partial charge is 0.298 e. The van der Waals surface area contributed by atoms with E-state index in [1.54, 1.807) is 19.9 Å². The number of benzene rings is 1. The van der Waals surface area contributed by atoms with Crippen LogP contribution in [0.25, 0.3) is 10.9 Å². The molecule has 0 aliphatic heterocycles. The fraction of sp³-hybridized carbons (Fsp3) is 0.188. The van der Waals surface area contributed by atoms with E-state index >= 15 is 0 Å². The Bertz CT molecular complexity index is 903. The lowest BCUT2D eigenvalue weighted by Gasteiger charge is -1.94. The fourth-order valence-electron chi connectivity index (χ4n) is 2.37. The van der Waals surface area contributed by atoms with E-state index in [4.69, 9.17) is 4.42 Å². The molecule has 0 atom stereocenters. The van der Waals surface area contributed by atoms with E-state index in [0.29, 0.717) is 22.5 Å². The Morgan fingerprint density at radius 2 is 2.00 bits per heavy atom. The number of rotatable bonds is 2. The van der Waals surface area contributed by atoms with Crippen LogP contribution in [0.5, 0.6) is 5.88 Å². The van der Waals surface area contributed by atoms with Crippen LogP contribution in [0.4, 0.5) is 5.69 Å². The number of aromatic hydroxyl groups is 1. The molecule has 0 spiro atoms. The van der Waals surface area contributed by atoms with Gasteiger partial charge in [-0.2, -0.15) is 0 Å². The average Bonchev–Trinajstić information content (AvgIpc) is 2.95. The standard InChI is InChI=1S/C16H15N3O3/c1-8-4-5-13-12(6-8)14(16(21)17-13)18-19-15(20)11-7-9(2)22-10(11)3/h4-7,17,21H,1-3H3. The molecule has 6 nitrogen and oxygen atoms in total. The average molecular weight is 297 g/mol. The summed E-state index contributed by atoms with van der Waals surface area (Å²) in [6.07, 6.45) is 0. The van der Waals surface area contributed by atoms with Crippen molar-refractivity contribution in [2.45, 2.75) is 20.8 Å². The van der Waals surface area contributed by atoms with E-state index in [2.05, 4.69) is 15.2 Å². The highest BCUT2D eigenvalue weighted by Crippen LogP contribution is 2.36. The van der Waals surface area contributed by atoms with Crippen LogP contribution in [0.3, 0.4) is 0 Å². The van der Waals surface area contributed by atoms with Crippen molar-refractivity contribution in [2.24, 2.45) is 10.2 Å². The summed E-state index contributed by atoms with van der Waals surface area (Å²) >= 11 is 0. The number of aryl methyl sites for hydroxylation is 3. The van der Waals surface area contributed by atoms with Crippen LogP contribution in [0.1, 0.15) is 27.4 Å². The van der Waals surface area contributed by atoms with Gasteiger partial charge in [0.15, 0.2) is 5.69 Å². The molecule has 0 aliphatic carbocycles. The molecule has 2 heterocycles. The van der Waals surface area contributed by atoms with Crippen molar-refractivity contribution in [3.8, 4) is 5.88 Å². The number of amides is 1. The summed E-state index contributed by atoms with van der Waals surface area (Å²) in [4.78, 5) is 14.9. The predicted octanol–water partition coefficient (Wildman–Crippen LogP) is 4.32. The van der Waals surface area contributed by atoms with Crippen LogP contribution in [-0.2, 0) is 0 Å². The van der Waals surface area contributed by atoms with Crippen LogP contribution in [-0.4, -0.2) is 16.0 Å². The van der Waals surface area contributed by atoms with Gasteiger partial charge in [0.05, 0.1) is 11.1 Å². The molecule has 3 rings (SSSR count). The van der Waals surface area contributed by atoms with Gasteiger partial charge in [0.1, 0.15) is 11.5 Å². The fourth-order valence-corrected chi connectivity index (χ4v) is 2.37. The molecule has 0 aliphatic rings. The first-order chi connectivity index (χ1) is 10.5. The van der Waals surface area contributed by atoms with Gasteiger partial charge < -0.3 is 14.5 Å². The van der Waals surface area contributed by atoms with Crippen LogP contribution in [0.2, 0.25) is 0 Å². The number of carbonyl (C=O) groups excluding carboxylic acids is 1. The lowest BCUT2D eigenvalue weighted by molar-refractivity contribution is 0.0993. The van der Waals surface area contributed by atoms with Gasteiger partial charge in [0, 0.05) is 5.39 Å². The molecule has 0 fully saturated rings. The van der Waals surface area contributed by atoms with Crippen molar-refractivity contribution < 1.29 is 14.3 Å². The molecule has 1 aromatic carbocycles. The van der Waals surface area contributed by atoms with Gasteiger partial charge in [-0.3, -0.25) is 4.79 Å². The molecule has 0 bridgehead atoms. The number of azo groups is 1. The van der Waals surface area contributed by atoms with E-state index in [-0.39, 0.29) is 11.6 Å². The number of aromatic nitrogens is 1. The lowest BCUT2D eigenvalue weighted by atomic mass is 10.1. The Balaban J connectivity index is 1.99. The minimum atomic E-state index is -0.504. The summed E-state index contributed by atoms with van der Waals surface area (Å²) in [5.41, 5.74) is 2.39. The molecule has 3 aromatic rings. The number of nitrogens with zero attached hydrogens (tertiary/aromatic N) is 2.